The van der Waals surface area contributed by atoms with Gasteiger partial charge in [-0.3, -0.25) is 4.79 Å². The summed E-state index contributed by atoms with van der Waals surface area (Å²) >= 11 is 0. The number of carbonyl (C=O) groups is 1. The molecular formula is C13H18N4O3. The van der Waals surface area contributed by atoms with Crippen molar-refractivity contribution in [3.05, 3.63) is 27.9 Å². The molecule has 0 aliphatic carbocycles. The highest BCUT2D eigenvalue weighted by atomic mass is 16.6. The monoisotopic (exact) mass is 278 g/mol. The Hall–Kier alpha value is -1.89. The van der Waals surface area contributed by atoms with E-state index in [1.165, 1.54) is 10.6 Å². The number of fused-ring (bicyclic) bond motifs is 1. The maximum absolute atomic E-state index is 12.5. The number of likely N-dealkylation sites (tertiary alicyclic amines) is 1. The van der Waals surface area contributed by atoms with Gasteiger partial charge in [0.05, 0.1) is 7.05 Å². The van der Waals surface area contributed by atoms with Gasteiger partial charge in [-0.15, -0.1) is 0 Å². The SMILES string of the molecule is Cn1c(C(=O)N2CCC3NCCC3C2)ccc1[N+](=O)[O-]. The number of rotatable bonds is 2. The average molecular weight is 278 g/mol. The Kier molecular flexibility index (Phi) is 3.21. The van der Waals surface area contributed by atoms with Gasteiger partial charge in [-0.2, -0.15) is 0 Å². The average Bonchev–Trinajstić information content (AvgIpc) is 3.03. The molecule has 2 atom stereocenters. The van der Waals surface area contributed by atoms with Gasteiger partial charge in [0.15, 0.2) is 5.69 Å². The van der Waals surface area contributed by atoms with Crippen LogP contribution in [0.2, 0.25) is 0 Å². The molecule has 2 aliphatic rings. The maximum Gasteiger partial charge on any atom is 0.323 e. The largest absolute Gasteiger partial charge is 0.358 e. The molecule has 0 aromatic carbocycles. The van der Waals surface area contributed by atoms with Crippen LogP contribution in [-0.4, -0.2) is 46.0 Å². The number of hydrogen-bond acceptors (Lipinski definition) is 4. The van der Waals surface area contributed by atoms with E-state index < -0.39 is 4.92 Å². The summed E-state index contributed by atoms with van der Waals surface area (Å²) in [6, 6.07) is 3.46. The number of piperidine rings is 1. The minimum atomic E-state index is -0.468. The number of amides is 1. The van der Waals surface area contributed by atoms with Gasteiger partial charge in [0.2, 0.25) is 0 Å². The van der Waals surface area contributed by atoms with Crippen LogP contribution in [0.4, 0.5) is 5.82 Å². The number of aromatic nitrogens is 1. The summed E-state index contributed by atoms with van der Waals surface area (Å²) in [4.78, 5) is 24.7. The van der Waals surface area contributed by atoms with Crippen molar-refractivity contribution in [2.24, 2.45) is 13.0 Å². The smallest absolute Gasteiger partial charge is 0.323 e. The van der Waals surface area contributed by atoms with Crippen LogP contribution in [0.1, 0.15) is 23.3 Å². The summed E-state index contributed by atoms with van der Waals surface area (Å²) in [5, 5.41) is 14.3. The van der Waals surface area contributed by atoms with E-state index in [-0.39, 0.29) is 11.7 Å². The van der Waals surface area contributed by atoms with Crippen molar-refractivity contribution in [3.8, 4) is 0 Å². The third-order valence-electron chi connectivity index (χ3n) is 4.44. The van der Waals surface area contributed by atoms with E-state index in [1.54, 1.807) is 13.1 Å². The summed E-state index contributed by atoms with van der Waals surface area (Å²) in [5.41, 5.74) is 0.390. The van der Waals surface area contributed by atoms with Crippen molar-refractivity contribution in [2.45, 2.75) is 18.9 Å². The van der Waals surface area contributed by atoms with Gasteiger partial charge >= 0.3 is 5.82 Å². The fourth-order valence-electron chi connectivity index (χ4n) is 3.29. The van der Waals surface area contributed by atoms with E-state index in [1.807, 2.05) is 4.90 Å². The van der Waals surface area contributed by atoms with Crippen molar-refractivity contribution in [2.75, 3.05) is 19.6 Å². The van der Waals surface area contributed by atoms with E-state index in [0.717, 1.165) is 25.9 Å². The standard InChI is InChI=1S/C13H18N4O3/c1-15-11(2-3-12(15)17(19)20)13(18)16-7-5-10-9(8-16)4-6-14-10/h2-3,9-10,14H,4-8H2,1H3. The molecule has 2 unspecified atom stereocenters. The van der Waals surface area contributed by atoms with Gasteiger partial charge < -0.3 is 20.3 Å². The molecule has 108 valence electrons. The molecule has 1 amide bonds. The highest BCUT2D eigenvalue weighted by Gasteiger charge is 2.36. The Morgan fingerprint density at radius 3 is 2.95 bits per heavy atom. The molecule has 2 fully saturated rings. The quantitative estimate of drug-likeness (QED) is 0.639. The van der Waals surface area contributed by atoms with Crippen LogP contribution >= 0.6 is 0 Å². The van der Waals surface area contributed by atoms with E-state index in [2.05, 4.69) is 5.32 Å². The third kappa shape index (κ3) is 2.07. The lowest BCUT2D eigenvalue weighted by Gasteiger charge is -2.34. The Labute approximate surface area is 116 Å². The minimum Gasteiger partial charge on any atom is -0.358 e. The number of carbonyl (C=O) groups excluding carboxylic acids is 1. The molecule has 0 radical (unpaired) electrons. The lowest BCUT2D eigenvalue weighted by molar-refractivity contribution is -0.391. The second-order valence-electron chi connectivity index (χ2n) is 5.54. The first-order chi connectivity index (χ1) is 9.58. The Morgan fingerprint density at radius 1 is 1.45 bits per heavy atom. The van der Waals surface area contributed by atoms with Gasteiger partial charge in [0.25, 0.3) is 5.91 Å². The zero-order chi connectivity index (χ0) is 14.3. The van der Waals surface area contributed by atoms with E-state index in [0.29, 0.717) is 24.2 Å². The Balaban J connectivity index is 1.77. The second-order valence-corrected chi connectivity index (χ2v) is 5.54. The number of nitro groups is 1. The number of hydrogen-bond donors (Lipinski definition) is 1. The first-order valence-electron chi connectivity index (χ1n) is 6.90. The molecule has 3 heterocycles. The summed E-state index contributed by atoms with van der Waals surface area (Å²) < 4.78 is 1.36. The molecule has 0 spiro atoms. The summed E-state index contributed by atoms with van der Waals surface area (Å²) in [5.74, 6) is 0.361. The second kappa shape index (κ2) is 4.90. The minimum absolute atomic E-state index is 0.0502. The predicted molar refractivity (Wildman–Crippen MR) is 72.5 cm³/mol. The highest BCUT2D eigenvalue weighted by Crippen LogP contribution is 2.26. The number of nitrogens with zero attached hydrogens (tertiary/aromatic N) is 3. The first kappa shape index (κ1) is 13.1. The van der Waals surface area contributed by atoms with Crippen LogP contribution in [0.25, 0.3) is 0 Å². The van der Waals surface area contributed by atoms with Crippen LogP contribution in [-0.2, 0) is 7.05 Å². The highest BCUT2D eigenvalue weighted by molar-refractivity contribution is 5.93. The zero-order valence-electron chi connectivity index (χ0n) is 11.4. The van der Waals surface area contributed by atoms with Gasteiger partial charge in [0, 0.05) is 25.2 Å². The molecule has 2 saturated heterocycles. The van der Waals surface area contributed by atoms with Crippen LogP contribution in [0.15, 0.2) is 12.1 Å². The molecule has 7 heteroatoms. The molecule has 0 bridgehead atoms. The lowest BCUT2D eigenvalue weighted by atomic mass is 9.93. The van der Waals surface area contributed by atoms with E-state index in [4.69, 9.17) is 0 Å². The normalized spacial score (nSPS) is 25.6. The third-order valence-corrected chi connectivity index (χ3v) is 4.44. The topological polar surface area (TPSA) is 80.4 Å². The molecule has 20 heavy (non-hydrogen) atoms. The van der Waals surface area contributed by atoms with Gasteiger partial charge in [-0.05, 0) is 36.3 Å². The predicted octanol–water partition coefficient (Wildman–Crippen LogP) is 0.757. The number of nitrogens with one attached hydrogen (secondary N) is 1. The summed E-state index contributed by atoms with van der Waals surface area (Å²) in [6.45, 7) is 2.48. The Bertz CT molecular complexity index is 554. The molecule has 0 saturated carbocycles. The molecule has 3 rings (SSSR count). The van der Waals surface area contributed by atoms with E-state index in [9.17, 15) is 14.9 Å². The molecular weight excluding hydrogens is 260 g/mol. The van der Waals surface area contributed by atoms with Gasteiger partial charge in [-0.25, -0.2) is 4.57 Å². The van der Waals surface area contributed by atoms with Crippen molar-refractivity contribution in [1.29, 1.82) is 0 Å². The lowest BCUT2D eigenvalue weighted by Crippen LogP contribution is -2.47. The summed E-state index contributed by atoms with van der Waals surface area (Å²) in [7, 11) is 1.56. The van der Waals surface area contributed by atoms with Crippen LogP contribution < -0.4 is 5.32 Å². The molecule has 2 aliphatic heterocycles. The Morgan fingerprint density at radius 2 is 2.25 bits per heavy atom. The summed E-state index contributed by atoms with van der Waals surface area (Å²) in [6.07, 6.45) is 2.06. The first-order valence-corrected chi connectivity index (χ1v) is 6.90. The fourth-order valence-corrected chi connectivity index (χ4v) is 3.29. The molecule has 7 nitrogen and oxygen atoms in total. The zero-order valence-corrected chi connectivity index (χ0v) is 11.4. The fraction of sp³-hybridized carbons (Fsp3) is 0.615. The maximum atomic E-state index is 12.5. The van der Waals surface area contributed by atoms with Crippen LogP contribution in [0.3, 0.4) is 0 Å². The van der Waals surface area contributed by atoms with Crippen molar-refractivity contribution in [1.82, 2.24) is 14.8 Å². The molecule has 1 N–H and O–H groups in total. The van der Waals surface area contributed by atoms with Crippen molar-refractivity contribution >= 4 is 11.7 Å². The van der Waals surface area contributed by atoms with Crippen LogP contribution in [0.5, 0.6) is 0 Å². The molecule has 1 aromatic rings. The van der Waals surface area contributed by atoms with Gasteiger partial charge in [0.1, 0.15) is 0 Å². The molecule has 1 aromatic heterocycles. The van der Waals surface area contributed by atoms with E-state index >= 15 is 0 Å². The van der Waals surface area contributed by atoms with Gasteiger partial charge in [-0.1, -0.05) is 0 Å². The van der Waals surface area contributed by atoms with Crippen molar-refractivity contribution < 1.29 is 9.72 Å². The van der Waals surface area contributed by atoms with Crippen LogP contribution in [0, 0.1) is 16.0 Å². The van der Waals surface area contributed by atoms with Crippen molar-refractivity contribution in [3.63, 3.8) is 0 Å².